The van der Waals surface area contributed by atoms with Crippen molar-refractivity contribution in [3.8, 4) is 5.75 Å². The number of amides is 1. The van der Waals surface area contributed by atoms with Crippen molar-refractivity contribution in [1.82, 2.24) is 0 Å². The molecule has 1 heterocycles. The molecule has 0 saturated carbocycles. The molecule has 3 rings (SSSR count). The van der Waals surface area contributed by atoms with Gasteiger partial charge in [-0.05, 0) is 30.7 Å². The van der Waals surface area contributed by atoms with E-state index < -0.39 is 0 Å². The average molecular weight is 390 g/mol. The predicted molar refractivity (Wildman–Crippen MR) is 108 cm³/mol. The van der Waals surface area contributed by atoms with Crippen LogP contribution in [0.4, 0.5) is 5.69 Å². The first kappa shape index (κ1) is 19.7. The van der Waals surface area contributed by atoms with Crippen LogP contribution in [0, 0.1) is 6.92 Å². The number of rotatable bonds is 6. The van der Waals surface area contributed by atoms with E-state index in [1.54, 1.807) is 30.2 Å². The van der Waals surface area contributed by atoms with E-state index in [2.05, 4.69) is 36.5 Å². The SMILES string of the molecule is COc1ccc(Cl)cc1NC(=O)C[NH+]1CC[NH+](Cc2ccccc2C)CC1. The van der Waals surface area contributed by atoms with Crippen LogP contribution in [-0.4, -0.2) is 45.7 Å². The summed E-state index contributed by atoms with van der Waals surface area (Å²) < 4.78 is 5.29. The number of aryl methyl sites for hydroxylation is 1. The highest BCUT2D eigenvalue weighted by Crippen LogP contribution is 2.27. The lowest BCUT2D eigenvalue weighted by atomic mass is 10.1. The van der Waals surface area contributed by atoms with Crippen molar-refractivity contribution in [2.75, 3.05) is 45.2 Å². The summed E-state index contributed by atoms with van der Waals surface area (Å²) in [6.45, 7) is 7.86. The number of hydrogen-bond acceptors (Lipinski definition) is 2. The maximum absolute atomic E-state index is 12.4. The fraction of sp³-hybridized carbons (Fsp3) is 0.381. The van der Waals surface area contributed by atoms with Gasteiger partial charge >= 0.3 is 0 Å². The number of piperazine rings is 1. The first-order valence-electron chi connectivity index (χ1n) is 9.40. The number of methoxy groups -OCH3 is 1. The van der Waals surface area contributed by atoms with Crippen LogP contribution in [0.15, 0.2) is 42.5 Å². The molecule has 27 heavy (non-hydrogen) atoms. The molecule has 0 atom stereocenters. The summed E-state index contributed by atoms with van der Waals surface area (Å²) in [4.78, 5) is 15.3. The van der Waals surface area contributed by atoms with E-state index in [1.807, 2.05) is 0 Å². The van der Waals surface area contributed by atoms with Crippen molar-refractivity contribution in [2.45, 2.75) is 13.5 Å². The van der Waals surface area contributed by atoms with Crippen molar-refractivity contribution in [2.24, 2.45) is 0 Å². The average Bonchev–Trinajstić information content (AvgIpc) is 2.65. The fourth-order valence-corrected chi connectivity index (χ4v) is 3.76. The fourth-order valence-electron chi connectivity index (χ4n) is 3.59. The van der Waals surface area contributed by atoms with E-state index in [-0.39, 0.29) is 5.91 Å². The van der Waals surface area contributed by atoms with Gasteiger partial charge in [-0.2, -0.15) is 0 Å². The quantitative estimate of drug-likeness (QED) is 0.677. The first-order valence-corrected chi connectivity index (χ1v) is 9.78. The summed E-state index contributed by atoms with van der Waals surface area (Å²) in [5.74, 6) is 0.614. The monoisotopic (exact) mass is 389 g/mol. The first-order chi connectivity index (χ1) is 13.0. The number of carbonyl (C=O) groups excluding carboxylic acids is 1. The molecule has 1 aliphatic rings. The highest BCUT2D eigenvalue weighted by molar-refractivity contribution is 6.31. The van der Waals surface area contributed by atoms with Crippen LogP contribution >= 0.6 is 11.6 Å². The molecular formula is C21H28ClN3O2+2. The predicted octanol–water partition coefficient (Wildman–Crippen LogP) is 0.579. The molecule has 2 aromatic carbocycles. The molecule has 3 N–H and O–H groups in total. The van der Waals surface area contributed by atoms with Crippen molar-refractivity contribution < 1.29 is 19.3 Å². The Morgan fingerprint density at radius 3 is 2.52 bits per heavy atom. The van der Waals surface area contributed by atoms with Gasteiger partial charge in [0.1, 0.15) is 38.5 Å². The minimum absolute atomic E-state index is 0.00656. The lowest BCUT2D eigenvalue weighted by molar-refractivity contribution is -1.02. The Morgan fingerprint density at radius 1 is 1.11 bits per heavy atom. The van der Waals surface area contributed by atoms with Crippen LogP contribution in [0.5, 0.6) is 5.75 Å². The molecular weight excluding hydrogens is 362 g/mol. The number of quaternary nitrogens is 2. The van der Waals surface area contributed by atoms with Crippen LogP contribution in [0.2, 0.25) is 5.02 Å². The molecule has 0 aromatic heterocycles. The molecule has 2 aromatic rings. The molecule has 1 amide bonds. The Kier molecular flexibility index (Phi) is 6.72. The van der Waals surface area contributed by atoms with Gasteiger partial charge in [0.15, 0.2) is 6.54 Å². The number of ether oxygens (including phenoxy) is 1. The summed E-state index contributed by atoms with van der Waals surface area (Å²) in [5, 5.41) is 3.51. The molecule has 5 nitrogen and oxygen atoms in total. The van der Waals surface area contributed by atoms with Crippen molar-refractivity contribution in [3.63, 3.8) is 0 Å². The minimum Gasteiger partial charge on any atom is -0.495 e. The zero-order valence-corrected chi connectivity index (χ0v) is 16.7. The van der Waals surface area contributed by atoms with Gasteiger partial charge in [0.2, 0.25) is 0 Å². The third kappa shape index (κ3) is 5.45. The number of benzene rings is 2. The summed E-state index contributed by atoms with van der Waals surface area (Å²) >= 11 is 6.03. The number of carbonyl (C=O) groups is 1. The van der Waals surface area contributed by atoms with Gasteiger partial charge in [0, 0.05) is 10.6 Å². The Morgan fingerprint density at radius 2 is 1.81 bits per heavy atom. The molecule has 6 heteroatoms. The number of anilines is 1. The summed E-state index contributed by atoms with van der Waals surface area (Å²) in [7, 11) is 1.58. The van der Waals surface area contributed by atoms with Crippen LogP contribution in [0.1, 0.15) is 11.1 Å². The number of hydrogen-bond donors (Lipinski definition) is 3. The van der Waals surface area contributed by atoms with Gasteiger partial charge in [0.05, 0.1) is 12.8 Å². The molecule has 0 radical (unpaired) electrons. The van der Waals surface area contributed by atoms with Crippen LogP contribution in [0.25, 0.3) is 0 Å². The van der Waals surface area contributed by atoms with E-state index in [4.69, 9.17) is 16.3 Å². The molecule has 1 saturated heterocycles. The Hall–Kier alpha value is -2.08. The second kappa shape index (κ2) is 9.22. The third-order valence-electron chi connectivity index (χ3n) is 5.21. The Balaban J connectivity index is 1.48. The summed E-state index contributed by atoms with van der Waals surface area (Å²) in [6.07, 6.45) is 0. The summed E-state index contributed by atoms with van der Waals surface area (Å²) in [6, 6.07) is 13.8. The van der Waals surface area contributed by atoms with E-state index in [9.17, 15) is 4.79 Å². The molecule has 1 aliphatic heterocycles. The second-order valence-electron chi connectivity index (χ2n) is 7.17. The van der Waals surface area contributed by atoms with Gasteiger partial charge in [-0.15, -0.1) is 0 Å². The Bertz CT molecular complexity index is 789. The maximum Gasteiger partial charge on any atom is 0.279 e. The highest BCUT2D eigenvalue weighted by Gasteiger charge is 2.25. The maximum atomic E-state index is 12.4. The topological polar surface area (TPSA) is 47.2 Å². The number of nitrogens with one attached hydrogen (secondary N) is 3. The third-order valence-corrected chi connectivity index (χ3v) is 5.45. The van der Waals surface area contributed by atoms with Crippen LogP contribution in [0.3, 0.4) is 0 Å². The van der Waals surface area contributed by atoms with Gasteiger partial charge in [-0.1, -0.05) is 35.9 Å². The Labute approximate surface area is 165 Å². The lowest BCUT2D eigenvalue weighted by Gasteiger charge is -2.29. The van der Waals surface area contributed by atoms with Crippen molar-refractivity contribution >= 4 is 23.2 Å². The van der Waals surface area contributed by atoms with E-state index in [0.29, 0.717) is 23.0 Å². The smallest absolute Gasteiger partial charge is 0.279 e. The largest absolute Gasteiger partial charge is 0.495 e. The van der Waals surface area contributed by atoms with Crippen LogP contribution < -0.4 is 19.9 Å². The van der Waals surface area contributed by atoms with Crippen LogP contribution in [-0.2, 0) is 11.3 Å². The molecule has 0 aliphatic carbocycles. The van der Waals surface area contributed by atoms with Gasteiger partial charge in [-0.3, -0.25) is 4.79 Å². The molecule has 0 spiro atoms. The van der Waals surface area contributed by atoms with E-state index in [0.717, 1.165) is 32.7 Å². The highest BCUT2D eigenvalue weighted by atomic mass is 35.5. The molecule has 1 fully saturated rings. The normalized spacial score (nSPS) is 19.5. The standard InChI is InChI=1S/C21H26ClN3O2/c1-16-5-3-4-6-17(16)14-24-9-11-25(12-10-24)15-21(26)23-19-13-18(22)7-8-20(19)27-2/h3-8,13H,9-12,14-15H2,1-2H3,(H,23,26)/p+2. The minimum atomic E-state index is -0.00656. The molecule has 0 bridgehead atoms. The molecule has 144 valence electrons. The zero-order chi connectivity index (χ0) is 19.2. The van der Waals surface area contributed by atoms with E-state index >= 15 is 0 Å². The summed E-state index contributed by atoms with van der Waals surface area (Å²) in [5.41, 5.74) is 3.40. The zero-order valence-electron chi connectivity index (χ0n) is 16.0. The number of halogens is 1. The second-order valence-corrected chi connectivity index (χ2v) is 7.61. The molecule has 0 unspecified atom stereocenters. The van der Waals surface area contributed by atoms with E-state index in [1.165, 1.54) is 16.0 Å². The van der Waals surface area contributed by atoms with Crippen molar-refractivity contribution in [1.29, 1.82) is 0 Å². The van der Waals surface area contributed by atoms with Gasteiger partial charge in [-0.25, -0.2) is 0 Å². The van der Waals surface area contributed by atoms with Gasteiger partial charge < -0.3 is 19.9 Å². The van der Waals surface area contributed by atoms with Crippen molar-refractivity contribution in [3.05, 3.63) is 58.6 Å². The van der Waals surface area contributed by atoms with Gasteiger partial charge in [0.25, 0.3) is 5.91 Å². The lowest BCUT2D eigenvalue weighted by Crippen LogP contribution is -3.28.